The molecule has 1 nitrogen and oxygen atoms in total. The van der Waals surface area contributed by atoms with E-state index in [1.165, 1.54) is 38.7 Å². The van der Waals surface area contributed by atoms with Gasteiger partial charge in [0, 0.05) is 22.0 Å². The van der Waals surface area contributed by atoms with Crippen LogP contribution < -0.4 is 0 Å². The van der Waals surface area contributed by atoms with Crippen molar-refractivity contribution in [1.82, 2.24) is 4.98 Å². The number of fused-ring (bicyclic) bond motifs is 1. The number of rotatable bonds is 4. The minimum atomic E-state index is -0.230. The molecule has 0 amide bonds. The van der Waals surface area contributed by atoms with Gasteiger partial charge in [0.2, 0.25) is 0 Å². The van der Waals surface area contributed by atoms with Crippen molar-refractivity contribution in [2.75, 3.05) is 0 Å². The highest BCUT2D eigenvalue weighted by molar-refractivity contribution is 5.87. The Morgan fingerprint density at radius 3 is 1.80 bits per heavy atom. The molecule has 5 aromatic rings. The molecular formula is C29H25N. The molecule has 0 fully saturated rings. The van der Waals surface area contributed by atoms with E-state index in [1.54, 1.807) is 0 Å². The molecule has 0 aliphatic rings. The molecule has 146 valence electrons. The molecule has 0 bridgehead atoms. The number of aromatic amines is 1. The van der Waals surface area contributed by atoms with Gasteiger partial charge in [-0.05, 0) is 48.2 Å². The summed E-state index contributed by atoms with van der Waals surface area (Å²) in [5.74, 6) is 0. The van der Waals surface area contributed by atoms with Gasteiger partial charge in [-0.2, -0.15) is 0 Å². The van der Waals surface area contributed by atoms with Crippen LogP contribution in [0.4, 0.5) is 0 Å². The van der Waals surface area contributed by atoms with E-state index in [0.29, 0.717) is 0 Å². The van der Waals surface area contributed by atoms with Crippen LogP contribution in [0.5, 0.6) is 0 Å². The maximum Gasteiger partial charge on any atom is 0.0464 e. The minimum absolute atomic E-state index is 0.230. The number of H-pyrrole nitrogens is 1. The van der Waals surface area contributed by atoms with E-state index in [4.69, 9.17) is 0 Å². The van der Waals surface area contributed by atoms with Crippen LogP contribution in [0.1, 0.15) is 29.2 Å². The third-order valence-corrected chi connectivity index (χ3v) is 6.26. The van der Waals surface area contributed by atoms with E-state index in [0.717, 1.165) is 5.69 Å². The van der Waals surface area contributed by atoms with Gasteiger partial charge in [-0.15, -0.1) is 0 Å². The van der Waals surface area contributed by atoms with Crippen LogP contribution in [0.3, 0.4) is 0 Å². The van der Waals surface area contributed by atoms with Gasteiger partial charge in [-0.25, -0.2) is 0 Å². The molecule has 1 N–H and O–H groups in total. The molecule has 4 aromatic carbocycles. The van der Waals surface area contributed by atoms with E-state index >= 15 is 0 Å². The van der Waals surface area contributed by atoms with Crippen molar-refractivity contribution in [3.8, 4) is 11.3 Å². The second-order valence-corrected chi connectivity index (χ2v) is 8.21. The summed E-state index contributed by atoms with van der Waals surface area (Å²) in [6, 6.07) is 39.3. The van der Waals surface area contributed by atoms with Crippen LogP contribution in [0.15, 0.2) is 109 Å². The maximum absolute atomic E-state index is 3.65. The van der Waals surface area contributed by atoms with Crippen molar-refractivity contribution in [2.45, 2.75) is 19.3 Å². The van der Waals surface area contributed by atoms with Gasteiger partial charge in [0.05, 0.1) is 0 Å². The molecule has 5 rings (SSSR count). The SMILES string of the molecule is Cc1ccc(-c2cc3ccc(C(C)(c4ccccc4)c4ccccc4)cc3[nH]2)cc1. The fourth-order valence-corrected chi connectivity index (χ4v) is 4.37. The number of hydrogen-bond donors (Lipinski definition) is 1. The van der Waals surface area contributed by atoms with E-state index in [2.05, 4.69) is 128 Å². The molecule has 0 radical (unpaired) electrons. The topological polar surface area (TPSA) is 15.8 Å². The van der Waals surface area contributed by atoms with Gasteiger partial charge in [-0.3, -0.25) is 0 Å². The Morgan fingerprint density at radius 2 is 1.20 bits per heavy atom. The molecular weight excluding hydrogens is 362 g/mol. The Kier molecular flexibility index (Phi) is 4.52. The number of aromatic nitrogens is 1. The lowest BCUT2D eigenvalue weighted by Crippen LogP contribution is -2.25. The molecule has 1 heterocycles. The summed E-state index contributed by atoms with van der Waals surface area (Å²) in [7, 11) is 0. The van der Waals surface area contributed by atoms with E-state index in [1.807, 2.05) is 0 Å². The highest BCUT2D eigenvalue weighted by Crippen LogP contribution is 2.40. The highest BCUT2D eigenvalue weighted by Gasteiger charge is 2.31. The van der Waals surface area contributed by atoms with Gasteiger partial charge >= 0.3 is 0 Å². The standard InChI is InChI=1S/C29H25N/c1-21-13-15-22(16-14-21)27-19-23-17-18-26(20-28(23)30-27)29(2,24-9-5-3-6-10-24)25-11-7-4-8-12-25/h3-20,30H,1-2H3. The van der Waals surface area contributed by atoms with E-state index in [9.17, 15) is 0 Å². The average Bonchev–Trinajstić information content (AvgIpc) is 3.23. The third kappa shape index (κ3) is 3.13. The second kappa shape index (κ2) is 7.35. The zero-order valence-electron chi connectivity index (χ0n) is 17.4. The summed E-state index contributed by atoms with van der Waals surface area (Å²) in [5.41, 5.74) is 8.45. The Labute approximate surface area is 178 Å². The lowest BCUT2D eigenvalue weighted by molar-refractivity contribution is 0.693. The molecule has 0 unspecified atom stereocenters. The molecule has 0 saturated carbocycles. The fraction of sp³-hybridized carbons (Fsp3) is 0.103. The monoisotopic (exact) mass is 387 g/mol. The van der Waals surface area contributed by atoms with Crippen LogP contribution in [0.2, 0.25) is 0 Å². The van der Waals surface area contributed by atoms with Crippen molar-refractivity contribution in [3.63, 3.8) is 0 Å². The van der Waals surface area contributed by atoms with Gasteiger partial charge in [0.15, 0.2) is 0 Å². The molecule has 30 heavy (non-hydrogen) atoms. The quantitative estimate of drug-likeness (QED) is 0.307. The molecule has 0 aliphatic heterocycles. The third-order valence-electron chi connectivity index (χ3n) is 6.26. The van der Waals surface area contributed by atoms with E-state index in [-0.39, 0.29) is 5.41 Å². The lowest BCUT2D eigenvalue weighted by Gasteiger charge is -2.32. The molecule has 1 aromatic heterocycles. The average molecular weight is 388 g/mol. The van der Waals surface area contributed by atoms with Gasteiger partial charge < -0.3 is 4.98 Å². The fourth-order valence-electron chi connectivity index (χ4n) is 4.37. The largest absolute Gasteiger partial charge is 0.355 e. The normalized spacial score (nSPS) is 11.7. The van der Waals surface area contributed by atoms with Gasteiger partial charge in [0.25, 0.3) is 0 Å². The van der Waals surface area contributed by atoms with Crippen LogP contribution >= 0.6 is 0 Å². The predicted octanol–water partition coefficient (Wildman–Crippen LogP) is 7.50. The van der Waals surface area contributed by atoms with Gasteiger partial charge in [0.1, 0.15) is 0 Å². The molecule has 0 aliphatic carbocycles. The van der Waals surface area contributed by atoms with Crippen molar-refractivity contribution < 1.29 is 0 Å². The first kappa shape index (κ1) is 18.4. The first-order valence-corrected chi connectivity index (χ1v) is 10.5. The first-order valence-electron chi connectivity index (χ1n) is 10.5. The second-order valence-electron chi connectivity index (χ2n) is 8.21. The minimum Gasteiger partial charge on any atom is -0.355 e. The highest BCUT2D eigenvalue weighted by atomic mass is 14.7. The lowest BCUT2D eigenvalue weighted by atomic mass is 9.71. The number of aryl methyl sites for hydroxylation is 1. The van der Waals surface area contributed by atoms with Crippen molar-refractivity contribution in [2.24, 2.45) is 0 Å². The Hall–Kier alpha value is -3.58. The summed E-state index contributed by atoms with van der Waals surface area (Å²) in [4.78, 5) is 3.65. The predicted molar refractivity (Wildman–Crippen MR) is 127 cm³/mol. The summed E-state index contributed by atoms with van der Waals surface area (Å²) in [6.45, 7) is 4.44. The van der Waals surface area contributed by atoms with Crippen LogP contribution in [-0.4, -0.2) is 4.98 Å². The Morgan fingerprint density at radius 1 is 0.600 bits per heavy atom. The zero-order chi connectivity index (χ0) is 20.6. The molecule has 0 atom stereocenters. The number of hydrogen-bond acceptors (Lipinski definition) is 0. The van der Waals surface area contributed by atoms with Gasteiger partial charge in [-0.1, -0.05) is 103 Å². The number of benzene rings is 4. The summed E-state index contributed by atoms with van der Waals surface area (Å²) >= 11 is 0. The molecule has 1 heteroatoms. The van der Waals surface area contributed by atoms with E-state index < -0.39 is 0 Å². The van der Waals surface area contributed by atoms with Crippen LogP contribution in [-0.2, 0) is 5.41 Å². The molecule has 0 spiro atoms. The van der Waals surface area contributed by atoms with Crippen molar-refractivity contribution >= 4 is 10.9 Å². The number of nitrogens with one attached hydrogen (secondary N) is 1. The Bertz CT molecular complexity index is 1240. The summed E-state index contributed by atoms with van der Waals surface area (Å²) in [5, 5.41) is 1.23. The first-order chi connectivity index (χ1) is 14.6. The maximum atomic E-state index is 3.65. The molecule has 0 saturated heterocycles. The van der Waals surface area contributed by atoms with Crippen molar-refractivity contribution in [1.29, 1.82) is 0 Å². The van der Waals surface area contributed by atoms with Crippen LogP contribution in [0.25, 0.3) is 22.2 Å². The zero-order valence-corrected chi connectivity index (χ0v) is 17.4. The Balaban J connectivity index is 1.66. The smallest absolute Gasteiger partial charge is 0.0464 e. The summed E-state index contributed by atoms with van der Waals surface area (Å²) in [6.07, 6.45) is 0. The summed E-state index contributed by atoms with van der Waals surface area (Å²) < 4.78 is 0. The van der Waals surface area contributed by atoms with Crippen LogP contribution in [0, 0.1) is 6.92 Å². The van der Waals surface area contributed by atoms with Crippen molar-refractivity contribution in [3.05, 3.63) is 131 Å².